The highest BCUT2D eigenvalue weighted by Crippen LogP contribution is 2.46. The largest absolute Gasteiger partial charge is 0.491 e. The Morgan fingerprint density at radius 2 is 1.20 bits per heavy atom. The first-order valence-electron chi connectivity index (χ1n) is 9.05. The second kappa shape index (κ2) is 8.35. The average molecular weight is 435 g/mol. The zero-order chi connectivity index (χ0) is 22.2. The SMILES string of the molecule is COc1c(F)cc(C(O)(c2cc(F)c(OC)c(F)c2F)C2CCNCC2)c(F)c1F. The second-order valence-corrected chi connectivity index (χ2v) is 6.92. The Hall–Kier alpha value is -2.46. The van der Waals surface area contributed by atoms with Crippen LogP contribution in [-0.2, 0) is 5.60 Å². The standard InChI is InChI=1S/C20H19F6NO3/c1-29-18-12(21)7-10(14(23)16(18)25)20(28,9-3-5-27-6-4-9)11-8-13(22)19(30-2)17(26)15(11)24/h7-9,27-28H,3-6H2,1-2H3. The number of hydrogen-bond donors (Lipinski definition) is 2. The summed E-state index contributed by atoms with van der Waals surface area (Å²) in [5.41, 5.74) is -4.76. The third kappa shape index (κ3) is 3.37. The van der Waals surface area contributed by atoms with Crippen LogP contribution in [0.1, 0.15) is 24.0 Å². The van der Waals surface area contributed by atoms with Gasteiger partial charge in [0.15, 0.2) is 34.8 Å². The fraction of sp³-hybridized carbons (Fsp3) is 0.400. The molecular weight excluding hydrogens is 416 g/mol. The lowest BCUT2D eigenvalue weighted by Crippen LogP contribution is -2.44. The average Bonchev–Trinajstić information content (AvgIpc) is 2.74. The van der Waals surface area contributed by atoms with Crippen LogP contribution >= 0.6 is 0 Å². The van der Waals surface area contributed by atoms with Gasteiger partial charge in [-0.3, -0.25) is 0 Å². The molecule has 0 unspecified atom stereocenters. The van der Waals surface area contributed by atoms with Gasteiger partial charge in [0.25, 0.3) is 0 Å². The van der Waals surface area contributed by atoms with Crippen LogP contribution in [0.2, 0.25) is 0 Å². The van der Waals surface area contributed by atoms with Crippen LogP contribution in [0.5, 0.6) is 11.5 Å². The maximum Gasteiger partial charge on any atom is 0.204 e. The summed E-state index contributed by atoms with van der Waals surface area (Å²) in [5, 5.41) is 14.5. The molecule has 0 atom stereocenters. The molecule has 2 N–H and O–H groups in total. The minimum Gasteiger partial charge on any atom is -0.491 e. The molecule has 0 radical (unpaired) electrons. The van der Waals surface area contributed by atoms with Crippen LogP contribution in [0.25, 0.3) is 0 Å². The van der Waals surface area contributed by atoms with Crippen LogP contribution in [0.3, 0.4) is 0 Å². The van der Waals surface area contributed by atoms with Crippen molar-refractivity contribution in [2.45, 2.75) is 18.4 Å². The highest BCUT2D eigenvalue weighted by Gasteiger charge is 2.47. The number of hydrogen-bond acceptors (Lipinski definition) is 4. The minimum absolute atomic E-state index is 0.111. The summed E-state index contributed by atoms with van der Waals surface area (Å²) in [6.07, 6.45) is 0.222. The van der Waals surface area contributed by atoms with E-state index in [2.05, 4.69) is 14.8 Å². The molecule has 0 aromatic heterocycles. The first kappa shape index (κ1) is 22.2. The van der Waals surface area contributed by atoms with E-state index in [4.69, 9.17) is 0 Å². The Bertz CT molecular complexity index is 897. The fourth-order valence-electron chi connectivity index (χ4n) is 3.91. The monoisotopic (exact) mass is 435 g/mol. The van der Waals surface area contributed by atoms with E-state index < -0.39 is 69.0 Å². The zero-order valence-electron chi connectivity index (χ0n) is 16.1. The van der Waals surface area contributed by atoms with Crippen LogP contribution < -0.4 is 14.8 Å². The van der Waals surface area contributed by atoms with Gasteiger partial charge in [0.2, 0.25) is 11.6 Å². The summed E-state index contributed by atoms with van der Waals surface area (Å²) >= 11 is 0. The van der Waals surface area contributed by atoms with E-state index in [9.17, 15) is 31.4 Å². The van der Waals surface area contributed by atoms with Crippen molar-refractivity contribution in [3.8, 4) is 11.5 Å². The van der Waals surface area contributed by atoms with Gasteiger partial charge >= 0.3 is 0 Å². The Morgan fingerprint density at radius 3 is 1.57 bits per heavy atom. The normalized spacial score (nSPS) is 15.4. The molecule has 1 saturated heterocycles. The molecule has 2 aromatic carbocycles. The number of benzene rings is 2. The van der Waals surface area contributed by atoms with Gasteiger partial charge in [-0.15, -0.1) is 0 Å². The Balaban J connectivity index is 2.35. The molecule has 30 heavy (non-hydrogen) atoms. The number of nitrogens with one attached hydrogen (secondary N) is 1. The van der Waals surface area contributed by atoms with Crippen molar-refractivity contribution in [1.82, 2.24) is 5.32 Å². The van der Waals surface area contributed by atoms with Crippen LogP contribution in [0.4, 0.5) is 26.3 Å². The van der Waals surface area contributed by atoms with Gasteiger partial charge in [0.05, 0.1) is 14.2 Å². The summed E-state index contributed by atoms with van der Waals surface area (Å²) in [5.74, 6) is -12.8. The van der Waals surface area contributed by atoms with Crippen molar-refractivity contribution in [3.05, 3.63) is 58.2 Å². The predicted molar refractivity (Wildman–Crippen MR) is 94.3 cm³/mol. The summed E-state index contributed by atoms with van der Waals surface area (Å²) in [6, 6.07) is 0.886. The smallest absolute Gasteiger partial charge is 0.204 e. The second-order valence-electron chi connectivity index (χ2n) is 6.92. The molecule has 1 fully saturated rings. The molecule has 1 heterocycles. The topological polar surface area (TPSA) is 50.7 Å². The first-order valence-corrected chi connectivity index (χ1v) is 9.05. The minimum atomic E-state index is -2.78. The Morgan fingerprint density at radius 1 is 0.800 bits per heavy atom. The quantitative estimate of drug-likeness (QED) is 0.555. The van der Waals surface area contributed by atoms with E-state index >= 15 is 0 Å². The van der Waals surface area contributed by atoms with E-state index in [1.54, 1.807) is 0 Å². The zero-order valence-corrected chi connectivity index (χ0v) is 16.1. The van der Waals surface area contributed by atoms with Gasteiger partial charge in [0.1, 0.15) is 5.60 Å². The molecule has 1 aliphatic heterocycles. The molecular formula is C20H19F6NO3. The molecule has 0 bridgehead atoms. The van der Waals surface area contributed by atoms with Crippen molar-refractivity contribution >= 4 is 0 Å². The van der Waals surface area contributed by atoms with Gasteiger partial charge in [-0.1, -0.05) is 0 Å². The highest BCUT2D eigenvalue weighted by molar-refractivity contribution is 5.45. The lowest BCUT2D eigenvalue weighted by atomic mass is 9.71. The molecule has 0 spiro atoms. The van der Waals surface area contributed by atoms with Crippen molar-refractivity contribution in [2.75, 3.05) is 27.3 Å². The third-order valence-corrected chi connectivity index (χ3v) is 5.39. The molecule has 164 valence electrons. The molecule has 0 saturated carbocycles. The van der Waals surface area contributed by atoms with Crippen LogP contribution in [-0.4, -0.2) is 32.4 Å². The van der Waals surface area contributed by atoms with E-state index in [-0.39, 0.29) is 12.8 Å². The van der Waals surface area contributed by atoms with Crippen molar-refractivity contribution in [1.29, 1.82) is 0 Å². The number of methoxy groups -OCH3 is 2. The molecule has 0 amide bonds. The number of rotatable bonds is 5. The van der Waals surface area contributed by atoms with Crippen molar-refractivity contribution in [3.63, 3.8) is 0 Å². The predicted octanol–water partition coefficient (Wildman–Crippen LogP) is 3.77. The maximum atomic E-state index is 14.9. The molecule has 10 heteroatoms. The third-order valence-electron chi connectivity index (χ3n) is 5.39. The van der Waals surface area contributed by atoms with Gasteiger partial charge < -0.3 is 19.9 Å². The summed E-state index contributed by atoms with van der Waals surface area (Å²) < 4.78 is 96.3. The van der Waals surface area contributed by atoms with Gasteiger partial charge in [-0.05, 0) is 44.0 Å². The first-order chi connectivity index (χ1) is 14.2. The molecule has 0 aliphatic carbocycles. The van der Waals surface area contributed by atoms with Crippen molar-refractivity contribution < 1.29 is 40.9 Å². The van der Waals surface area contributed by atoms with E-state index in [1.165, 1.54) is 0 Å². The van der Waals surface area contributed by atoms with Gasteiger partial charge in [-0.25, -0.2) is 17.6 Å². The lowest BCUT2D eigenvalue weighted by Gasteiger charge is -2.40. The Labute approximate surface area is 168 Å². The fourth-order valence-corrected chi connectivity index (χ4v) is 3.91. The van der Waals surface area contributed by atoms with Gasteiger partial charge in [0, 0.05) is 11.1 Å². The number of piperidine rings is 1. The van der Waals surface area contributed by atoms with E-state index in [1.807, 2.05) is 0 Å². The van der Waals surface area contributed by atoms with E-state index in [0.29, 0.717) is 25.2 Å². The molecule has 2 aromatic rings. The molecule has 3 rings (SSSR count). The van der Waals surface area contributed by atoms with Gasteiger partial charge in [-0.2, -0.15) is 8.78 Å². The number of ether oxygens (including phenoxy) is 2. The maximum absolute atomic E-state index is 14.9. The Kier molecular flexibility index (Phi) is 6.19. The van der Waals surface area contributed by atoms with E-state index in [0.717, 1.165) is 14.2 Å². The van der Waals surface area contributed by atoms with Crippen LogP contribution in [0.15, 0.2) is 12.1 Å². The molecule has 4 nitrogen and oxygen atoms in total. The van der Waals surface area contributed by atoms with Crippen LogP contribution in [0, 0.1) is 40.8 Å². The summed E-state index contributed by atoms with van der Waals surface area (Å²) in [4.78, 5) is 0. The summed E-state index contributed by atoms with van der Waals surface area (Å²) in [7, 11) is 1.82. The lowest BCUT2D eigenvalue weighted by molar-refractivity contribution is -0.00539. The van der Waals surface area contributed by atoms with Crippen molar-refractivity contribution in [2.24, 2.45) is 5.92 Å². The molecule has 1 aliphatic rings. The highest BCUT2D eigenvalue weighted by atomic mass is 19.2. The summed E-state index contributed by atoms with van der Waals surface area (Å²) in [6.45, 7) is 0.608. The number of halogens is 6. The number of aliphatic hydroxyl groups is 1.